The number of halogens is 2. The number of aliphatic carboxylic acids is 1. The van der Waals surface area contributed by atoms with Gasteiger partial charge >= 0.3 is 5.97 Å². The minimum atomic E-state index is -1.22. The number of carbonyl (C=O) groups excluding carboxylic acids is 1. The fourth-order valence-corrected chi connectivity index (χ4v) is 3.64. The molecule has 1 aliphatic rings. The second-order valence-corrected chi connectivity index (χ2v) is 7.48. The maximum Gasteiger partial charge on any atom is 0.341 e. The minimum Gasteiger partial charge on any atom is -0.493 e. The number of thiocarbonyl (C=S) groups is 1. The first-order chi connectivity index (χ1) is 13.8. The van der Waals surface area contributed by atoms with E-state index in [1.807, 2.05) is 0 Å². The van der Waals surface area contributed by atoms with Crippen LogP contribution in [0.4, 0.5) is 8.78 Å². The predicted molar refractivity (Wildman–Crippen MR) is 108 cm³/mol. The summed E-state index contributed by atoms with van der Waals surface area (Å²) in [7, 11) is 1.35. The molecule has 0 unspecified atom stereocenters. The van der Waals surface area contributed by atoms with Gasteiger partial charge in [-0.2, -0.15) is 0 Å². The van der Waals surface area contributed by atoms with Crippen LogP contribution in [0.25, 0.3) is 17.2 Å². The predicted octanol–water partition coefficient (Wildman–Crippen LogP) is 3.59. The highest BCUT2D eigenvalue weighted by Gasteiger charge is 2.23. The standard InChI is InChI=1S/C19H13F2NO5S2/c1-26-14-5-9(6-15-18(25)22-19(28)29-15)4-11(17(14)27-8-16(23)24)10-2-3-12(20)13(21)7-10/h2-7H,8H2,1H3,(H,23,24)(H,22,25,28)/b15-6-. The van der Waals surface area contributed by atoms with Gasteiger partial charge in [0.25, 0.3) is 5.91 Å². The zero-order chi connectivity index (χ0) is 21.1. The molecule has 1 heterocycles. The van der Waals surface area contributed by atoms with Crippen LogP contribution >= 0.6 is 24.0 Å². The van der Waals surface area contributed by atoms with Crippen LogP contribution in [0, 0.1) is 11.6 Å². The Labute approximate surface area is 173 Å². The molecule has 2 N–H and O–H groups in total. The summed E-state index contributed by atoms with van der Waals surface area (Å²) in [6, 6.07) is 6.31. The van der Waals surface area contributed by atoms with Crippen molar-refractivity contribution < 1.29 is 33.0 Å². The Morgan fingerprint density at radius 3 is 2.62 bits per heavy atom. The number of carbonyl (C=O) groups is 2. The van der Waals surface area contributed by atoms with Crippen molar-refractivity contribution in [2.45, 2.75) is 0 Å². The summed E-state index contributed by atoms with van der Waals surface area (Å²) in [5, 5.41) is 11.4. The maximum absolute atomic E-state index is 13.8. The first-order valence-electron chi connectivity index (χ1n) is 8.05. The van der Waals surface area contributed by atoms with Gasteiger partial charge in [-0.3, -0.25) is 4.79 Å². The van der Waals surface area contributed by atoms with Crippen molar-refractivity contribution >= 4 is 46.3 Å². The van der Waals surface area contributed by atoms with Gasteiger partial charge in [0.1, 0.15) is 4.32 Å². The van der Waals surface area contributed by atoms with Crippen LogP contribution in [-0.2, 0) is 9.59 Å². The van der Waals surface area contributed by atoms with Gasteiger partial charge in [-0.15, -0.1) is 0 Å². The van der Waals surface area contributed by atoms with Crippen LogP contribution in [0.1, 0.15) is 5.56 Å². The number of amides is 1. The van der Waals surface area contributed by atoms with E-state index >= 15 is 0 Å². The minimum absolute atomic E-state index is 0.0436. The highest BCUT2D eigenvalue weighted by molar-refractivity contribution is 8.26. The summed E-state index contributed by atoms with van der Waals surface area (Å²) in [4.78, 5) is 23.2. The maximum atomic E-state index is 13.8. The summed E-state index contributed by atoms with van der Waals surface area (Å²) in [6.45, 7) is -0.667. The van der Waals surface area contributed by atoms with Crippen molar-refractivity contribution in [3.8, 4) is 22.6 Å². The van der Waals surface area contributed by atoms with Gasteiger partial charge in [-0.1, -0.05) is 30.0 Å². The zero-order valence-corrected chi connectivity index (χ0v) is 16.5. The molecule has 1 aliphatic heterocycles. The molecule has 2 aromatic carbocycles. The average Bonchev–Trinajstić information content (AvgIpc) is 2.98. The van der Waals surface area contributed by atoms with Crippen molar-refractivity contribution in [2.75, 3.05) is 13.7 Å². The number of nitrogens with one attached hydrogen (secondary N) is 1. The summed E-state index contributed by atoms with van der Waals surface area (Å²) in [6.07, 6.45) is 1.55. The molecule has 0 atom stereocenters. The molecule has 1 fully saturated rings. The van der Waals surface area contributed by atoms with Crippen LogP contribution in [0.2, 0.25) is 0 Å². The Hall–Kier alpha value is -2.98. The van der Waals surface area contributed by atoms with Crippen molar-refractivity contribution in [2.24, 2.45) is 0 Å². The lowest BCUT2D eigenvalue weighted by atomic mass is 10.0. The van der Waals surface area contributed by atoms with E-state index in [1.54, 1.807) is 12.1 Å². The lowest BCUT2D eigenvalue weighted by molar-refractivity contribution is -0.139. The fourth-order valence-electron chi connectivity index (χ4n) is 2.59. The number of carboxylic acids is 1. The molecule has 2 aromatic rings. The summed E-state index contributed by atoms with van der Waals surface area (Å²) < 4.78 is 38.1. The number of benzene rings is 2. The van der Waals surface area contributed by atoms with Crippen LogP contribution in [0.5, 0.6) is 11.5 Å². The van der Waals surface area contributed by atoms with Crippen LogP contribution in [0.3, 0.4) is 0 Å². The van der Waals surface area contributed by atoms with E-state index in [1.165, 1.54) is 19.2 Å². The lowest BCUT2D eigenvalue weighted by Gasteiger charge is -2.16. The molecule has 6 nitrogen and oxygen atoms in total. The topological polar surface area (TPSA) is 84.9 Å². The SMILES string of the molecule is COc1cc(/C=C2\SC(=S)NC2=O)cc(-c2ccc(F)c(F)c2)c1OCC(=O)O. The molecule has 0 aliphatic carbocycles. The molecule has 0 bridgehead atoms. The Balaban J connectivity index is 2.16. The smallest absolute Gasteiger partial charge is 0.341 e. The third-order valence-electron chi connectivity index (χ3n) is 3.81. The first-order valence-corrected chi connectivity index (χ1v) is 9.28. The molecule has 1 saturated heterocycles. The Kier molecular flexibility index (Phi) is 6.14. The number of rotatable bonds is 6. The first kappa shape index (κ1) is 20.7. The quantitative estimate of drug-likeness (QED) is 0.528. The number of hydrogen-bond acceptors (Lipinski definition) is 6. The normalized spacial score (nSPS) is 14.8. The second-order valence-electron chi connectivity index (χ2n) is 5.76. The Morgan fingerprint density at radius 1 is 1.28 bits per heavy atom. The van der Waals surface area contributed by atoms with Gasteiger partial charge in [-0.25, -0.2) is 13.6 Å². The van der Waals surface area contributed by atoms with Crippen molar-refractivity contribution in [1.82, 2.24) is 5.32 Å². The van der Waals surface area contributed by atoms with Gasteiger partial charge in [0.15, 0.2) is 29.7 Å². The Bertz CT molecular complexity index is 1060. The van der Waals surface area contributed by atoms with Crippen molar-refractivity contribution in [3.63, 3.8) is 0 Å². The van der Waals surface area contributed by atoms with Crippen LogP contribution < -0.4 is 14.8 Å². The van der Waals surface area contributed by atoms with E-state index in [0.29, 0.717) is 14.8 Å². The number of carboxylic acid groups (broad SMARTS) is 1. The van der Waals surface area contributed by atoms with Gasteiger partial charge in [-0.05, 0) is 41.5 Å². The molecule has 29 heavy (non-hydrogen) atoms. The fraction of sp³-hybridized carbons (Fsp3) is 0.105. The van der Waals surface area contributed by atoms with Gasteiger partial charge in [0.2, 0.25) is 0 Å². The summed E-state index contributed by atoms with van der Waals surface area (Å²) in [5.74, 6) is -3.49. The molecule has 0 spiro atoms. The summed E-state index contributed by atoms with van der Waals surface area (Å²) in [5.41, 5.74) is 0.996. The number of hydrogen-bond donors (Lipinski definition) is 2. The van der Waals surface area contributed by atoms with Crippen molar-refractivity contribution in [3.05, 3.63) is 52.4 Å². The molecule has 1 amide bonds. The number of ether oxygens (including phenoxy) is 2. The van der Waals surface area contributed by atoms with E-state index in [4.69, 9.17) is 26.8 Å². The van der Waals surface area contributed by atoms with Crippen molar-refractivity contribution in [1.29, 1.82) is 0 Å². The molecule has 0 saturated carbocycles. The molecule has 0 radical (unpaired) electrons. The monoisotopic (exact) mass is 437 g/mol. The van der Waals surface area contributed by atoms with E-state index in [-0.39, 0.29) is 28.5 Å². The highest BCUT2D eigenvalue weighted by atomic mass is 32.2. The van der Waals surface area contributed by atoms with E-state index in [9.17, 15) is 18.4 Å². The summed E-state index contributed by atoms with van der Waals surface area (Å²) >= 11 is 6.04. The van der Waals surface area contributed by atoms with E-state index in [2.05, 4.69) is 5.32 Å². The second kappa shape index (κ2) is 8.58. The highest BCUT2D eigenvalue weighted by Crippen LogP contribution is 2.41. The van der Waals surface area contributed by atoms with Gasteiger partial charge in [0, 0.05) is 5.56 Å². The van der Waals surface area contributed by atoms with E-state index < -0.39 is 24.2 Å². The lowest BCUT2D eigenvalue weighted by Crippen LogP contribution is -2.17. The number of thioether (sulfide) groups is 1. The molecule has 3 rings (SSSR count). The van der Waals surface area contributed by atoms with Crippen LogP contribution in [0.15, 0.2) is 35.2 Å². The van der Waals surface area contributed by atoms with Crippen LogP contribution in [-0.4, -0.2) is 35.0 Å². The molecule has 150 valence electrons. The molecular formula is C19H13F2NO5S2. The average molecular weight is 437 g/mol. The zero-order valence-electron chi connectivity index (χ0n) is 14.8. The molecule has 10 heteroatoms. The van der Waals surface area contributed by atoms with E-state index in [0.717, 1.165) is 23.9 Å². The van der Waals surface area contributed by atoms with Gasteiger partial charge in [0.05, 0.1) is 12.0 Å². The number of methoxy groups -OCH3 is 1. The third kappa shape index (κ3) is 4.72. The third-order valence-corrected chi connectivity index (χ3v) is 4.97. The molecular weight excluding hydrogens is 424 g/mol. The molecule has 0 aromatic heterocycles. The Morgan fingerprint density at radius 2 is 2.03 bits per heavy atom. The largest absolute Gasteiger partial charge is 0.493 e. The van der Waals surface area contributed by atoms with Gasteiger partial charge < -0.3 is 19.9 Å².